The first-order valence-corrected chi connectivity index (χ1v) is 6.32. The third-order valence-electron chi connectivity index (χ3n) is 3.00. The molecule has 3 rings (SSSR count). The maximum Gasteiger partial charge on any atom is 0.171 e. The van der Waals surface area contributed by atoms with Crippen molar-refractivity contribution in [2.45, 2.75) is 6.61 Å². The van der Waals surface area contributed by atoms with Crippen LogP contribution >= 0.6 is 11.6 Å². The summed E-state index contributed by atoms with van der Waals surface area (Å²) in [7, 11) is 0. The molecule has 0 bridgehead atoms. The lowest BCUT2D eigenvalue weighted by atomic mass is 10.1. The van der Waals surface area contributed by atoms with Crippen molar-refractivity contribution < 1.29 is 5.11 Å². The van der Waals surface area contributed by atoms with Crippen LogP contribution in [-0.4, -0.2) is 19.7 Å². The van der Waals surface area contributed by atoms with Gasteiger partial charge in [0.1, 0.15) is 0 Å². The van der Waals surface area contributed by atoms with Crippen LogP contribution in [0.25, 0.3) is 16.9 Å². The van der Waals surface area contributed by atoms with Gasteiger partial charge in [0.25, 0.3) is 0 Å². The Kier molecular flexibility index (Phi) is 3.15. The topological polar surface area (TPSA) is 50.4 Å². The average Bonchev–Trinajstić information content (AvgIpc) is 2.90. The molecule has 3 aromatic rings. The Balaban J connectivity index is 2.26. The number of fused-ring (bicyclic) bond motifs is 1. The molecule has 4 nitrogen and oxygen atoms in total. The molecule has 20 heavy (non-hydrogen) atoms. The third-order valence-corrected chi connectivity index (χ3v) is 3.26. The van der Waals surface area contributed by atoms with E-state index in [1.165, 1.54) is 0 Å². The van der Waals surface area contributed by atoms with Crippen molar-refractivity contribution in [3.05, 3.63) is 52.8 Å². The van der Waals surface area contributed by atoms with E-state index in [1.807, 2.05) is 12.1 Å². The van der Waals surface area contributed by atoms with E-state index in [0.29, 0.717) is 21.9 Å². The number of terminal acetylenes is 1. The van der Waals surface area contributed by atoms with Crippen molar-refractivity contribution in [1.29, 1.82) is 0 Å². The number of rotatable bonds is 2. The van der Waals surface area contributed by atoms with E-state index < -0.39 is 0 Å². The summed E-state index contributed by atoms with van der Waals surface area (Å²) in [5, 5.41) is 14.3. The van der Waals surface area contributed by atoms with Crippen LogP contribution in [0.3, 0.4) is 0 Å². The Morgan fingerprint density at radius 1 is 1.30 bits per heavy atom. The first kappa shape index (κ1) is 12.7. The fraction of sp³-hybridized carbons (Fsp3) is 0.0667. The van der Waals surface area contributed by atoms with Gasteiger partial charge in [-0.3, -0.25) is 0 Å². The molecule has 98 valence electrons. The molecule has 0 saturated heterocycles. The fourth-order valence-electron chi connectivity index (χ4n) is 2.01. The van der Waals surface area contributed by atoms with Crippen LogP contribution in [-0.2, 0) is 6.61 Å². The summed E-state index contributed by atoms with van der Waals surface area (Å²) in [6.45, 7) is -0.148. The average molecular weight is 284 g/mol. The molecule has 0 saturated carbocycles. The largest absolute Gasteiger partial charge is 0.390 e. The third kappa shape index (κ3) is 2.03. The highest BCUT2D eigenvalue weighted by Crippen LogP contribution is 2.22. The molecule has 0 aliphatic rings. The number of benzene rings is 1. The van der Waals surface area contributed by atoms with Gasteiger partial charge in [0.2, 0.25) is 0 Å². The zero-order valence-electron chi connectivity index (χ0n) is 10.4. The standard InChI is InChI=1S/C15H10ClN3O/c1-2-10-8-17-19-13(9-20)7-14(18-15(10)19)11-3-5-12(16)6-4-11/h1,3-8,20H,9H2. The molecule has 0 fully saturated rings. The molecule has 0 amide bonds. The first-order valence-electron chi connectivity index (χ1n) is 5.94. The van der Waals surface area contributed by atoms with E-state index in [1.54, 1.807) is 28.9 Å². The van der Waals surface area contributed by atoms with Crippen LogP contribution in [0.4, 0.5) is 0 Å². The van der Waals surface area contributed by atoms with E-state index in [2.05, 4.69) is 16.0 Å². The fourth-order valence-corrected chi connectivity index (χ4v) is 2.13. The smallest absolute Gasteiger partial charge is 0.171 e. The lowest BCUT2D eigenvalue weighted by Gasteiger charge is -2.06. The van der Waals surface area contributed by atoms with Gasteiger partial charge < -0.3 is 5.11 Å². The van der Waals surface area contributed by atoms with Crippen LogP contribution in [0.1, 0.15) is 11.3 Å². The number of aliphatic hydroxyl groups is 1. The molecule has 1 aromatic carbocycles. The number of nitrogens with zero attached hydrogens (tertiary/aromatic N) is 3. The van der Waals surface area contributed by atoms with Crippen molar-refractivity contribution in [1.82, 2.24) is 14.6 Å². The summed E-state index contributed by atoms with van der Waals surface area (Å²) in [6.07, 6.45) is 7.00. The Morgan fingerprint density at radius 3 is 2.70 bits per heavy atom. The number of aliphatic hydroxyl groups excluding tert-OH is 1. The monoisotopic (exact) mass is 283 g/mol. The molecule has 0 atom stereocenters. The maximum atomic E-state index is 9.47. The summed E-state index contributed by atoms with van der Waals surface area (Å²) in [4.78, 5) is 4.52. The molecule has 1 N–H and O–H groups in total. The van der Waals surface area contributed by atoms with Crippen LogP contribution < -0.4 is 0 Å². The second kappa shape index (κ2) is 4.97. The van der Waals surface area contributed by atoms with Gasteiger partial charge >= 0.3 is 0 Å². The van der Waals surface area contributed by atoms with E-state index in [0.717, 1.165) is 11.3 Å². The predicted molar refractivity (Wildman–Crippen MR) is 77.3 cm³/mol. The van der Waals surface area contributed by atoms with Gasteiger partial charge in [-0.05, 0) is 18.2 Å². The molecule has 2 aromatic heterocycles. The van der Waals surface area contributed by atoms with E-state index >= 15 is 0 Å². The first-order chi connectivity index (χ1) is 9.72. The highest BCUT2D eigenvalue weighted by atomic mass is 35.5. The minimum atomic E-state index is -0.148. The highest BCUT2D eigenvalue weighted by molar-refractivity contribution is 6.30. The Morgan fingerprint density at radius 2 is 2.05 bits per heavy atom. The Bertz CT molecular complexity index is 815. The van der Waals surface area contributed by atoms with E-state index in [-0.39, 0.29) is 6.61 Å². The van der Waals surface area contributed by atoms with Gasteiger partial charge in [-0.1, -0.05) is 29.7 Å². The molecule has 0 unspecified atom stereocenters. The van der Waals surface area contributed by atoms with Gasteiger partial charge in [-0.2, -0.15) is 5.10 Å². The van der Waals surface area contributed by atoms with Crippen LogP contribution in [0.15, 0.2) is 36.5 Å². The van der Waals surface area contributed by atoms with Crippen molar-refractivity contribution in [2.75, 3.05) is 0 Å². The molecule has 2 heterocycles. The predicted octanol–water partition coefficient (Wildman–Crippen LogP) is 2.52. The number of hydrogen-bond donors (Lipinski definition) is 1. The second-order valence-corrected chi connectivity index (χ2v) is 4.67. The molecular weight excluding hydrogens is 274 g/mol. The lowest BCUT2D eigenvalue weighted by Crippen LogP contribution is -2.02. The molecule has 0 spiro atoms. The molecule has 0 radical (unpaired) electrons. The van der Waals surface area contributed by atoms with Gasteiger partial charge in [0.15, 0.2) is 5.65 Å². The normalized spacial score (nSPS) is 10.7. The van der Waals surface area contributed by atoms with Gasteiger partial charge in [-0.25, -0.2) is 9.50 Å². The summed E-state index contributed by atoms with van der Waals surface area (Å²) in [5.74, 6) is 2.54. The molecule has 5 heteroatoms. The zero-order chi connectivity index (χ0) is 14.1. The van der Waals surface area contributed by atoms with Crippen LogP contribution in [0, 0.1) is 12.3 Å². The summed E-state index contributed by atoms with van der Waals surface area (Å²) < 4.78 is 1.55. The molecular formula is C15H10ClN3O. The number of hydrogen-bond acceptors (Lipinski definition) is 3. The van der Waals surface area contributed by atoms with Gasteiger partial charge in [0.05, 0.1) is 29.8 Å². The maximum absolute atomic E-state index is 9.47. The van der Waals surface area contributed by atoms with Crippen molar-refractivity contribution in [3.8, 4) is 23.6 Å². The summed E-state index contributed by atoms with van der Waals surface area (Å²) >= 11 is 5.88. The van der Waals surface area contributed by atoms with E-state index in [4.69, 9.17) is 18.0 Å². The minimum Gasteiger partial charge on any atom is -0.390 e. The molecule has 0 aliphatic heterocycles. The summed E-state index contributed by atoms with van der Waals surface area (Å²) in [5.41, 5.74) is 3.40. The number of aromatic nitrogens is 3. The molecule has 0 aliphatic carbocycles. The van der Waals surface area contributed by atoms with Crippen LogP contribution in [0.2, 0.25) is 5.02 Å². The highest BCUT2D eigenvalue weighted by Gasteiger charge is 2.11. The number of halogens is 1. The minimum absolute atomic E-state index is 0.148. The van der Waals surface area contributed by atoms with Gasteiger partial charge in [-0.15, -0.1) is 6.42 Å². The van der Waals surface area contributed by atoms with Gasteiger partial charge in [0, 0.05) is 10.6 Å². The van der Waals surface area contributed by atoms with Crippen molar-refractivity contribution >= 4 is 17.2 Å². The van der Waals surface area contributed by atoms with Crippen LogP contribution in [0.5, 0.6) is 0 Å². The SMILES string of the molecule is C#Cc1cnn2c(CO)cc(-c3ccc(Cl)cc3)nc12. The Hall–Kier alpha value is -2.35. The zero-order valence-corrected chi connectivity index (χ0v) is 11.2. The quantitative estimate of drug-likeness (QED) is 0.735. The van der Waals surface area contributed by atoms with Crippen molar-refractivity contribution in [3.63, 3.8) is 0 Å². The Labute approximate surface area is 120 Å². The van der Waals surface area contributed by atoms with Crippen molar-refractivity contribution in [2.24, 2.45) is 0 Å². The summed E-state index contributed by atoms with van der Waals surface area (Å²) in [6, 6.07) is 9.10. The lowest BCUT2D eigenvalue weighted by molar-refractivity contribution is 0.273. The second-order valence-electron chi connectivity index (χ2n) is 4.24. The van der Waals surface area contributed by atoms with E-state index in [9.17, 15) is 5.11 Å².